The highest BCUT2D eigenvalue weighted by molar-refractivity contribution is 6.20. The zero-order valence-electron chi connectivity index (χ0n) is 9.96. The van der Waals surface area contributed by atoms with Gasteiger partial charge in [-0.05, 0) is 31.4 Å². The molecule has 0 radical (unpaired) electrons. The fourth-order valence-corrected chi connectivity index (χ4v) is 2.80. The van der Waals surface area contributed by atoms with Gasteiger partial charge in [-0.1, -0.05) is 31.0 Å². The molecule has 0 heterocycles. The van der Waals surface area contributed by atoms with Crippen molar-refractivity contribution >= 4 is 11.6 Å². The molecule has 2 rings (SSSR count). The summed E-state index contributed by atoms with van der Waals surface area (Å²) in [5.74, 6) is 0.406. The summed E-state index contributed by atoms with van der Waals surface area (Å²) in [6, 6.07) is 6.91. The molecule has 2 atom stereocenters. The normalized spacial score (nSPS) is 24.8. The van der Waals surface area contributed by atoms with Crippen LogP contribution in [0.2, 0.25) is 0 Å². The third-order valence-corrected chi connectivity index (χ3v) is 4.07. The van der Waals surface area contributed by atoms with Crippen molar-refractivity contribution in [2.45, 2.75) is 37.6 Å². The molecule has 94 valence electrons. The molecular weight excluding hydrogens is 237 g/mol. The summed E-state index contributed by atoms with van der Waals surface area (Å²) in [4.78, 5) is 0. The highest BCUT2D eigenvalue weighted by atomic mass is 35.5. The van der Waals surface area contributed by atoms with Crippen LogP contribution in [0, 0.1) is 11.7 Å². The Morgan fingerprint density at radius 1 is 1.24 bits per heavy atom. The number of hydrogen-bond acceptors (Lipinski definition) is 1. The van der Waals surface area contributed by atoms with Gasteiger partial charge in [0.05, 0.1) is 0 Å². The molecule has 1 aliphatic carbocycles. The van der Waals surface area contributed by atoms with Crippen molar-refractivity contribution in [1.29, 1.82) is 0 Å². The van der Waals surface area contributed by atoms with Crippen LogP contribution in [0.5, 0.6) is 0 Å². The summed E-state index contributed by atoms with van der Waals surface area (Å²) in [6.07, 6.45) is 4.83. The van der Waals surface area contributed by atoms with Crippen LogP contribution in [0.25, 0.3) is 0 Å². The molecule has 2 unspecified atom stereocenters. The van der Waals surface area contributed by atoms with Crippen LogP contribution >= 0.6 is 11.6 Å². The Hall–Kier alpha value is -0.600. The first-order valence-corrected chi connectivity index (χ1v) is 6.79. The molecule has 17 heavy (non-hydrogen) atoms. The Kier molecular flexibility index (Phi) is 4.81. The van der Waals surface area contributed by atoms with Crippen molar-refractivity contribution in [3.63, 3.8) is 0 Å². The van der Waals surface area contributed by atoms with Crippen molar-refractivity contribution in [2.24, 2.45) is 5.92 Å². The van der Waals surface area contributed by atoms with Crippen molar-refractivity contribution in [1.82, 2.24) is 5.32 Å². The lowest BCUT2D eigenvalue weighted by atomic mass is 9.89. The van der Waals surface area contributed by atoms with E-state index in [-0.39, 0.29) is 11.2 Å². The van der Waals surface area contributed by atoms with Crippen LogP contribution in [0.4, 0.5) is 4.39 Å². The number of nitrogens with one attached hydrogen (secondary N) is 1. The maximum Gasteiger partial charge on any atom is 0.127 e. The molecule has 0 spiro atoms. The Morgan fingerprint density at radius 3 is 2.76 bits per heavy atom. The second-order valence-corrected chi connectivity index (χ2v) is 5.34. The van der Waals surface area contributed by atoms with Gasteiger partial charge in [0.2, 0.25) is 0 Å². The molecular formula is C14H19ClFN. The fraction of sp³-hybridized carbons (Fsp3) is 0.571. The molecule has 0 aliphatic heterocycles. The van der Waals surface area contributed by atoms with E-state index in [4.69, 9.17) is 11.6 Å². The average molecular weight is 256 g/mol. The van der Waals surface area contributed by atoms with E-state index >= 15 is 0 Å². The molecule has 0 aromatic heterocycles. The lowest BCUT2D eigenvalue weighted by Crippen LogP contribution is -2.31. The standard InChI is InChI=1S/C14H19ClFN/c15-13-7-3-1-5-11(13)9-17-10-12-6-2-4-8-14(12)16/h2,4,6,8,11,13,17H,1,3,5,7,9-10H2. The van der Waals surface area contributed by atoms with Crippen LogP contribution in [-0.2, 0) is 6.54 Å². The quantitative estimate of drug-likeness (QED) is 0.809. The van der Waals surface area contributed by atoms with Crippen LogP contribution < -0.4 is 5.32 Å². The van der Waals surface area contributed by atoms with Crippen molar-refractivity contribution < 1.29 is 4.39 Å². The molecule has 1 N–H and O–H groups in total. The van der Waals surface area contributed by atoms with E-state index in [1.165, 1.54) is 25.3 Å². The van der Waals surface area contributed by atoms with Gasteiger partial charge in [-0.3, -0.25) is 0 Å². The molecule has 1 aliphatic rings. The second kappa shape index (κ2) is 6.36. The minimum absolute atomic E-state index is 0.133. The smallest absolute Gasteiger partial charge is 0.127 e. The van der Waals surface area contributed by atoms with Gasteiger partial charge in [0.25, 0.3) is 0 Å². The highest BCUT2D eigenvalue weighted by Crippen LogP contribution is 2.28. The summed E-state index contributed by atoms with van der Waals surface area (Å²) in [6.45, 7) is 1.48. The zero-order valence-corrected chi connectivity index (χ0v) is 10.7. The van der Waals surface area contributed by atoms with Crippen LogP contribution in [0.3, 0.4) is 0 Å². The van der Waals surface area contributed by atoms with E-state index in [1.54, 1.807) is 6.07 Å². The first-order chi connectivity index (χ1) is 8.27. The predicted octanol–water partition coefficient (Wildman–Crippen LogP) is 3.71. The molecule has 1 aromatic rings. The largest absolute Gasteiger partial charge is 0.312 e. The minimum Gasteiger partial charge on any atom is -0.312 e. The van der Waals surface area contributed by atoms with Crippen LogP contribution in [0.1, 0.15) is 31.2 Å². The molecule has 1 aromatic carbocycles. The topological polar surface area (TPSA) is 12.0 Å². The maximum atomic E-state index is 13.4. The third-order valence-electron chi connectivity index (χ3n) is 3.50. The second-order valence-electron chi connectivity index (χ2n) is 4.78. The molecule has 0 bridgehead atoms. The highest BCUT2D eigenvalue weighted by Gasteiger charge is 2.22. The fourth-order valence-electron chi connectivity index (χ4n) is 2.43. The van der Waals surface area contributed by atoms with Crippen LogP contribution in [-0.4, -0.2) is 11.9 Å². The summed E-state index contributed by atoms with van der Waals surface area (Å²) in [5.41, 5.74) is 0.731. The van der Waals surface area contributed by atoms with Gasteiger partial charge in [-0.2, -0.15) is 0 Å². The Bertz CT molecular complexity index is 356. The number of benzene rings is 1. The number of rotatable bonds is 4. The monoisotopic (exact) mass is 255 g/mol. The predicted molar refractivity (Wildman–Crippen MR) is 69.7 cm³/mol. The summed E-state index contributed by atoms with van der Waals surface area (Å²) in [7, 11) is 0. The van der Waals surface area contributed by atoms with Gasteiger partial charge in [-0.15, -0.1) is 11.6 Å². The lowest BCUT2D eigenvalue weighted by molar-refractivity contribution is 0.347. The number of halogens is 2. The molecule has 1 nitrogen and oxygen atoms in total. The van der Waals surface area contributed by atoms with E-state index in [0.717, 1.165) is 18.5 Å². The van der Waals surface area contributed by atoms with E-state index in [1.807, 2.05) is 12.1 Å². The van der Waals surface area contributed by atoms with Gasteiger partial charge in [0.1, 0.15) is 5.82 Å². The third kappa shape index (κ3) is 3.68. The SMILES string of the molecule is Fc1ccccc1CNCC1CCCCC1Cl. The number of alkyl halides is 1. The van der Waals surface area contributed by atoms with Crippen LogP contribution in [0.15, 0.2) is 24.3 Å². The molecule has 0 amide bonds. The molecule has 1 saturated carbocycles. The van der Waals surface area contributed by atoms with Gasteiger partial charge in [-0.25, -0.2) is 4.39 Å². The van der Waals surface area contributed by atoms with Crippen molar-refractivity contribution in [3.05, 3.63) is 35.6 Å². The first kappa shape index (κ1) is 12.8. The van der Waals surface area contributed by atoms with Gasteiger partial charge < -0.3 is 5.32 Å². The van der Waals surface area contributed by atoms with Gasteiger partial charge >= 0.3 is 0 Å². The lowest BCUT2D eigenvalue weighted by Gasteiger charge is -2.27. The van der Waals surface area contributed by atoms with E-state index < -0.39 is 0 Å². The summed E-state index contributed by atoms with van der Waals surface area (Å²) in [5, 5.41) is 3.61. The van der Waals surface area contributed by atoms with E-state index in [0.29, 0.717) is 12.5 Å². The molecule has 0 saturated heterocycles. The Morgan fingerprint density at radius 2 is 2.00 bits per heavy atom. The summed E-state index contributed by atoms with van der Waals surface area (Å²) < 4.78 is 13.4. The molecule has 1 fully saturated rings. The summed E-state index contributed by atoms with van der Waals surface area (Å²) >= 11 is 6.28. The van der Waals surface area contributed by atoms with E-state index in [9.17, 15) is 4.39 Å². The average Bonchev–Trinajstić information content (AvgIpc) is 2.34. The number of hydrogen-bond donors (Lipinski definition) is 1. The first-order valence-electron chi connectivity index (χ1n) is 6.35. The minimum atomic E-state index is -0.133. The maximum absolute atomic E-state index is 13.4. The van der Waals surface area contributed by atoms with E-state index in [2.05, 4.69) is 5.32 Å². The molecule has 3 heteroatoms. The van der Waals surface area contributed by atoms with Crippen molar-refractivity contribution in [2.75, 3.05) is 6.54 Å². The Balaban J connectivity index is 1.77. The van der Waals surface area contributed by atoms with Gasteiger partial charge in [0.15, 0.2) is 0 Å². The van der Waals surface area contributed by atoms with Crippen molar-refractivity contribution in [3.8, 4) is 0 Å². The zero-order chi connectivity index (χ0) is 12.1. The van der Waals surface area contributed by atoms with Gasteiger partial charge in [0, 0.05) is 17.5 Å². The Labute approximate surface area is 107 Å².